The second-order valence-corrected chi connectivity index (χ2v) is 4.83. The summed E-state index contributed by atoms with van der Waals surface area (Å²) in [5, 5.41) is 13.7. The summed E-state index contributed by atoms with van der Waals surface area (Å²) < 4.78 is 0. The van der Waals surface area contributed by atoms with Crippen molar-refractivity contribution < 1.29 is 14.7 Å². The lowest BCUT2D eigenvalue weighted by Gasteiger charge is -2.20. The number of aromatic carboxylic acids is 1. The molecule has 1 aliphatic rings. The highest BCUT2D eigenvalue weighted by Gasteiger charge is 2.31. The lowest BCUT2D eigenvalue weighted by molar-refractivity contribution is 0.0698. The van der Waals surface area contributed by atoms with E-state index in [0.717, 1.165) is 12.8 Å². The Balaban J connectivity index is 2.06. The van der Waals surface area contributed by atoms with Crippen molar-refractivity contribution in [3.63, 3.8) is 0 Å². The first kappa shape index (κ1) is 11.9. The first-order valence-electron chi connectivity index (χ1n) is 5.52. The van der Waals surface area contributed by atoms with Gasteiger partial charge in [0.15, 0.2) is 0 Å². The highest BCUT2D eigenvalue weighted by atomic mass is 32.1. The molecule has 92 valence electrons. The second kappa shape index (κ2) is 4.75. The molecule has 0 saturated heterocycles. The number of anilines is 1. The van der Waals surface area contributed by atoms with E-state index in [1.165, 1.54) is 17.4 Å². The number of carboxylic acids is 1. The largest absolute Gasteiger partial charge is 0.478 e. The molecule has 0 bridgehead atoms. The van der Waals surface area contributed by atoms with Gasteiger partial charge in [0.1, 0.15) is 5.00 Å². The molecule has 2 rings (SSSR count). The molecule has 1 heterocycles. The molecular weight excluding hydrogens is 240 g/mol. The lowest BCUT2D eigenvalue weighted by atomic mass is 10.3. The zero-order valence-corrected chi connectivity index (χ0v) is 10.3. The highest BCUT2D eigenvalue weighted by Crippen LogP contribution is 2.28. The molecule has 2 amide bonds. The summed E-state index contributed by atoms with van der Waals surface area (Å²) in [6, 6.07) is 1.61. The van der Waals surface area contributed by atoms with Crippen LogP contribution >= 0.6 is 11.3 Å². The van der Waals surface area contributed by atoms with Gasteiger partial charge in [0, 0.05) is 12.6 Å². The van der Waals surface area contributed by atoms with Crippen LogP contribution in [-0.4, -0.2) is 34.6 Å². The Morgan fingerprint density at radius 1 is 1.59 bits per heavy atom. The van der Waals surface area contributed by atoms with Gasteiger partial charge in [0.05, 0.1) is 5.56 Å². The Labute approximate surface area is 103 Å². The van der Waals surface area contributed by atoms with Gasteiger partial charge in [-0.2, -0.15) is 0 Å². The summed E-state index contributed by atoms with van der Waals surface area (Å²) in [4.78, 5) is 24.6. The van der Waals surface area contributed by atoms with Gasteiger partial charge in [0.2, 0.25) is 0 Å². The van der Waals surface area contributed by atoms with Crippen molar-refractivity contribution in [1.29, 1.82) is 0 Å². The van der Waals surface area contributed by atoms with Crippen molar-refractivity contribution in [2.24, 2.45) is 0 Å². The molecular formula is C11H14N2O3S. The number of nitrogens with zero attached hydrogens (tertiary/aromatic N) is 1. The lowest BCUT2D eigenvalue weighted by Crippen LogP contribution is -2.36. The standard InChI is InChI=1S/C11H14N2O3S/c1-2-13(7-3-4-7)11(16)12-9-8(10(14)15)5-6-17-9/h5-7H,2-4H2,1H3,(H,12,16)(H,14,15). The summed E-state index contributed by atoms with van der Waals surface area (Å²) in [5.74, 6) is -1.02. The Morgan fingerprint density at radius 2 is 2.29 bits per heavy atom. The normalized spacial score (nSPS) is 14.4. The molecule has 0 radical (unpaired) electrons. The van der Waals surface area contributed by atoms with E-state index in [4.69, 9.17) is 5.11 Å². The van der Waals surface area contributed by atoms with E-state index in [0.29, 0.717) is 17.6 Å². The van der Waals surface area contributed by atoms with Gasteiger partial charge >= 0.3 is 12.0 Å². The maximum atomic E-state index is 11.9. The van der Waals surface area contributed by atoms with Gasteiger partial charge in [-0.15, -0.1) is 11.3 Å². The van der Waals surface area contributed by atoms with Crippen LogP contribution < -0.4 is 5.32 Å². The maximum Gasteiger partial charge on any atom is 0.338 e. The quantitative estimate of drug-likeness (QED) is 0.867. The molecule has 0 unspecified atom stereocenters. The molecule has 2 N–H and O–H groups in total. The number of amides is 2. The third kappa shape index (κ3) is 2.58. The van der Waals surface area contributed by atoms with Crippen LogP contribution in [0.5, 0.6) is 0 Å². The average Bonchev–Trinajstić information content (AvgIpc) is 2.98. The minimum absolute atomic E-state index is 0.148. The summed E-state index contributed by atoms with van der Waals surface area (Å²) >= 11 is 1.23. The maximum absolute atomic E-state index is 11.9. The monoisotopic (exact) mass is 254 g/mol. The molecule has 1 aromatic heterocycles. The number of carbonyl (C=O) groups is 2. The minimum Gasteiger partial charge on any atom is -0.478 e. The van der Waals surface area contributed by atoms with Crippen molar-refractivity contribution in [2.45, 2.75) is 25.8 Å². The second-order valence-electron chi connectivity index (χ2n) is 3.92. The fraction of sp³-hybridized carbons (Fsp3) is 0.455. The fourth-order valence-electron chi connectivity index (χ4n) is 1.70. The van der Waals surface area contributed by atoms with Crippen molar-refractivity contribution in [2.75, 3.05) is 11.9 Å². The first-order valence-corrected chi connectivity index (χ1v) is 6.39. The van der Waals surface area contributed by atoms with Crippen molar-refractivity contribution in [3.05, 3.63) is 17.0 Å². The highest BCUT2D eigenvalue weighted by molar-refractivity contribution is 7.14. The predicted molar refractivity (Wildman–Crippen MR) is 65.7 cm³/mol. The SMILES string of the molecule is CCN(C(=O)Nc1sccc1C(=O)O)C1CC1. The predicted octanol–water partition coefficient (Wildman–Crippen LogP) is 2.46. The van der Waals surface area contributed by atoms with Gasteiger partial charge in [-0.1, -0.05) is 0 Å². The Hall–Kier alpha value is -1.56. The van der Waals surface area contributed by atoms with Crippen LogP contribution in [-0.2, 0) is 0 Å². The minimum atomic E-state index is -1.02. The van der Waals surface area contributed by atoms with Gasteiger partial charge in [0.25, 0.3) is 0 Å². The molecule has 1 aromatic rings. The van der Waals surface area contributed by atoms with Gasteiger partial charge < -0.3 is 10.0 Å². The topological polar surface area (TPSA) is 69.6 Å². The van der Waals surface area contributed by atoms with E-state index in [-0.39, 0.29) is 11.6 Å². The molecule has 1 saturated carbocycles. The third-order valence-corrected chi connectivity index (χ3v) is 3.54. The Kier molecular flexibility index (Phi) is 3.33. The van der Waals surface area contributed by atoms with Crippen molar-refractivity contribution in [1.82, 2.24) is 4.90 Å². The van der Waals surface area contributed by atoms with E-state index in [1.54, 1.807) is 10.3 Å². The summed E-state index contributed by atoms with van der Waals surface area (Å²) in [6.07, 6.45) is 2.08. The number of carboxylic acid groups (broad SMARTS) is 1. The summed E-state index contributed by atoms with van der Waals surface area (Å²) in [6.45, 7) is 2.56. The number of carbonyl (C=O) groups excluding carboxylic acids is 1. The van der Waals surface area contributed by atoms with E-state index >= 15 is 0 Å². The zero-order chi connectivity index (χ0) is 12.4. The average molecular weight is 254 g/mol. The van der Waals surface area contributed by atoms with Crippen LogP contribution in [0.4, 0.5) is 9.80 Å². The number of hydrogen-bond acceptors (Lipinski definition) is 3. The van der Waals surface area contributed by atoms with Crippen LogP contribution in [0.2, 0.25) is 0 Å². The smallest absolute Gasteiger partial charge is 0.338 e. The Bertz CT molecular complexity index is 440. The molecule has 17 heavy (non-hydrogen) atoms. The van der Waals surface area contributed by atoms with Gasteiger partial charge in [-0.3, -0.25) is 5.32 Å². The molecule has 0 aliphatic heterocycles. The van der Waals surface area contributed by atoms with Crippen molar-refractivity contribution in [3.8, 4) is 0 Å². The van der Waals surface area contributed by atoms with Crippen LogP contribution in [0.3, 0.4) is 0 Å². The molecule has 1 fully saturated rings. The van der Waals surface area contributed by atoms with Crippen LogP contribution in [0.25, 0.3) is 0 Å². The van der Waals surface area contributed by atoms with E-state index in [2.05, 4.69) is 5.32 Å². The van der Waals surface area contributed by atoms with Crippen LogP contribution in [0, 0.1) is 0 Å². The summed E-state index contributed by atoms with van der Waals surface area (Å²) in [5.41, 5.74) is 0.148. The molecule has 0 atom stereocenters. The number of rotatable bonds is 4. The van der Waals surface area contributed by atoms with E-state index in [9.17, 15) is 9.59 Å². The number of urea groups is 1. The van der Waals surface area contributed by atoms with Crippen LogP contribution in [0.15, 0.2) is 11.4 Å². The fourth-order valence-corrected chi connectivity index (χ4v) is 2.47. The van der Waals surface area contributed by atoms with Crippen LogP contribution in [0.1, 0.15) is 30.1 Å². The van der Waals surface area contributed by atoms with Gasteiger partial charge in [-0.05, 0) is 31.2 Å². The van der Waals surface area contributed by atoms with Gasteiger partial charge in [-0.25, -0.2) is 9.59 Å². The molecule has 1 aliphatic carbocycles. The Morgan fingerprint density at radius 3 is 2.82 bits per heavy atom. The molecule has 0 aromatic carbocycles. The first-order chi connectivity index (χ1) is 8.13. The number of hydrogen-bond donors (Lipinski definition) is 2. The zero-order valence-electron chi connectivity index (χ0n) is 9.47. The third-order valence-electron chi connectivity index (χ3n) is 2.71. The molecule has 6 heteroatoms. The van der Waals surface area contributed by atoms with E-state index < -0.39 is 5.97 Å². The van der Waals surface area contributed by atoms with E-state index in [1.807, 2.05) is 6.92 Å². The van der Waals surface area contributed by atoms with Crippen molar-refractivity contribution >= 4 is 28.3 Å². The summed E-state index contributed by atoms with van der Waals surface area (Å²) in [7, 11) is 0. The molecule has 0 spiro atoms. The molecule has 5 nitrogen and oxygen atoms in total. The number of nitrogens with one attached hydrogen (secondary N) is 1. The number of thiophene rings is 1.